The molecule has 2 heterocycles. The molecule has 0 radical (unpaired) electrons. The molecule has 0 bridgehead atoms. The summed E-state index contributed by atoms with van der Waals surface area (Å²) in [6, 6.07) is 12.6. The molecule has 3 N–H and O–H groups in total. The Labute approximate surface area is 177 Å². The molecule has 1 amide bonds. The van der Waals surface area contributed by atoms with E-state index in [1.54, 1.807) is 11.3 Å². The van der Waals surface area contributed by atoms with Gasteiger partial charge in [-0.05, 0) is 61.4 Å². The van der Waals surface area contributed by atoms with E-state index >= 15 is 0 Å². The van der Waals surface area contributed by atoms with Crippen LogP contribution in [0, 0.1) is 0 Å². The van der Waals surface area contributed by atoms with Crippen LogP contribution in [0.1, 0.15) is 32.3 Å². The summed E-state index contributed by atoms with van der Waals surface area (Å²) in [5, 5.41) is 13.1. The lowest BCUT2D eigenvalue weighted by Gasteiger charge is -2.33. The summed E-state index contributed by atoms with van der Waals surface area (Å²) in [4.78, 5) is 19.2. The first-order valence-corrected chi connectivity index (χ1v) is 11.3. The largest absolute Gasteiger partial charge is 0.363 e. The molecule has 0 unspecified atom stereocenters. The van der Waals surface area contributed by atoms with Crippen molar-refractivity contribution in [2.45, 2.75) is 39.2 Å². The van der Waals surface area contributed by atoms with Crippen LogP contribution in [0.25, 0.3) is 0 Å². The SMILES string of the molecule is CCNC(=NCC(=O)Nc1cccc(CC)c1)NC1CCN(c2cccs2)CC1. The minimum Gasteiger partial charge on any atom is -0.363 e. The van der Waals surface area contributed by atoms with Crippen LogP contribution in [0.3, 0.4) is 0 Å². The maximum absolute atomic E-state index is 12.3. The van der Waals surface area contributed by atoms with Gasteiger partial charge in [0.15, 0.2) is 5.96 Å². The van der Waals surface area contributed by atoms with Crippen LogP contribution < -0.4 is 20.9 Å². The Bertz CT molecular complexity index is 797. The number of benzene rings is 1. The predicted molar refractivity (Wildman–Crippen MR) is 123 cm³/mol. The van der Waals surface area contributed by atoms with Gasteiger partial charge in [-0.1, -0.05) is 19.1 Å². The summed E-state index contributed by atoms with van der Waals surface area (Å²) in [6.07, 6.45) is 3.05. The van der Waals surface area contributed by atoms with E-state index < -0.39 is 0 Å². The van der Waals surface area contributed by atoms with Gasteiger partial charge in [0.2, 0.25) is 5.91 Å². The number of guanidine groups is 1. The van der Waals surface area contributed by atoms with Gasteiger partial charge >= 0.3 is 0 Å². The Morgan fingerprint density at radius 3 is 2.72 bits per heavy atom. The van der Waals surface area contributed by atoms with E-state index in [-0.39, 0.29) is 12.5 Å². The highest BCUT2D eigenvalue weighted by atomic mass is 32.1. The van der Waals surface area contributed by atoms with Crippen molar-refractivity contribution in [1.82, 2.24) is 10.6 Å². The fraction of sp³-hybridized carbons (Fsp3) is 0.455. The third kappa shape index (κ3) is 6.49. The average Bonchev–Trinajstić information content (AvgIpc) is 3.28. The number of carbonyl (C=O) groups is 1. The Kier molecular flexibility index (Phi) is 7.93. The standard InChI is InChI=1S/C22H31N5OS/c1-3-17-7-5-8-19(15-17)25-20(28)16-24-22(23-4-2)26-18-10-12-27(13-11-18)21-9-6-14-29-21/h5-9,14-15,18H,3-4,10-13,16H2,1-2H3,(H,25,28)(H2,23,24,26). The van der Waals surface area contributed by atoms with Crippen molar-refractivity contribution in [1.29, 1.82) is 0 Å². The average molecular weight is 414 g/mol. The first kappa shape index (κ1) is 21.2. The zero-order valence-electron chi connectivity index (χ0n) is 17.3. The van der Waals surface area contributed by atoms with E-state index in [0.717, 1.165) is 44.6 Å². The quantitative estimate of drug-likeness (QED) is 0.480. The van der Waals surface area contributed by atoms with Crippen molar-refractivity contribution in [3.8, 4) is 0 Å². The zero-order chi connectivity index (χ0) is 20.5. The van der Waals surface area contributed by atoms with Crippen LogP contribution >= 0.6 is 11.3 Å². The molecular weight excluding hydrogens is 382 g/mol. The normalized spacial score (nSPS) is 15.2. The molecule has 1 saturated heterocycles. The fourth-order valence-electron chi connectivity index (χ4n) is 3.43. The number of aliphatic imine (C=N–C) groups is 1. The molecule has 1 aliphatic rings. The number of carbonyl (C=O) groups excluding carboxylic acids is 1. The van der Waals surface area contributed by atoms with Gasteiger partial charge in [0.25, 0.3) is 0 Å². The first-order valence-electron chi connectivity index (χ1n) is 10.4. The van der Waals surface area contributed by atoms with Gasteiger partial charge in [-0.2, -0.15) is 0 Å². The van der Waals surface area contributed by atoms with Gasteiger partial charge in [-0.3, -0.25) is 4.79 Å². The van der Waals surface area contributed by atoms with Crippen LogP contribution in [-0.2, 0) is 11.2 Å². The maximum Gasteiger partial charge on any atom is 0.246 e. The summed E-state index contributed by atoms with van der Waals surface area (Å²) < 4.78 is 0. The van der Waals surface area contributed by atoms with E-state index in [1.165, 1.54) is 10.6 Å². The zero-order valence-corrected chi connectivity index (χ0v) is 18.1. The third-order valence-corrected chi connectivity index (χ3v) is 5.93. The fourth-order valence-corrected chi connectivity index (χ4v) is 4.21. The number of rotatable bonds is 7. The first-order chi connectivity index (χ1) is 14.2. The predicted octanol–water partition coefficient (Wildman–Crippen LogP) is 3.47. The molecule has 7 heteroatoms. The number of anilines is 2. The molecule has 1 aliphatic heterocycles. The Hall–Kier alpha value is -2.54. The Balaban J connectivity index is 1.49. The van der Waals surface area contributed by atoms with Gasteiger partial charge in [0.1, 0.15) is 6.54 Å². The van der Waals surface area contributed by atoms with E-state index in [2.05, 4.69) is 56.3 Å². The highest BCUT2D eigenvalue weighted by Crippen LogP contribution is 2.24. The second-order valence-corrected chi connectivity index (χ2v) is 8.08. The molecule has 0 atom stereocenters. The summed E-state index contributed by atoms with van der Waals surface area (Å²) >= 11 is 1.79. The smallest absolute Gasteiger partial charge is 0.246 e. The summed E-state index contributed by atoms with van der Waals surface area (Å²) in [6.45, 7) is 7.06. The Morgan fingerprint density at radius 2 is 2.03 bits per heavy atom. The molecule has 6 nitrogen and oxygen atoms in total. The van der Waals surface area contributed by atoms with Crippen LogP contribution in [-0.4, -0.2) is 44.1 Å². The molecule has 0 aliphatic carbocycles. The van der Waals surface area contributed by atoms with E-state index in [9.17, 15) is 4.79 Å². The molecule has 1 fully saturated rings. The van der Waals surface area contributed by atoms with Crippen molar-refractivity contribution < 1.29 is 4.79 Å². The number of nitrogens with one attached hydrogen (secondary N) is 3. The monoisotopic (exact) mass is 413 g/mol. The van der Waals surface area contributed by atoms with Gasteiger partial charge in [0, 0.05) is 31.4 Å². The van der Waals surface area contributed by atoms with Crippen molar-refractivity contribution in [3.63, 3.8) is 0 Å². The van der Waals surface area contributed by atoms with Crippen molar-refractivity contribution in [2.24, 2.45) is 4.99 Å². The third-order valence-electron chi connectivity index (χ3n) is 5.00. The lowest BCUT2D eigenvalue weighted by atomic mass is 10.1. The molecule has 1 aromatic heterocycles. The molecule has 0 saturated carbocycles. The van der Waals surface area contributed by atoms with Crippen molar-refractivity contribution >= 4 is 33.9 Å². The van der Waals surface area contributed by atoms with Gasteiger partial charge in [0.05, 0.1) is 5.00 Å². The van der Waals surface area contributed by atoms with E-state index in [1.807, 2.05) is 25.1 Å². The lowest BCUT2D eigenvalue weighted by molar-refractivity contribution is -0.114. The van der Waals surface area contributed by atoms with Gasteiger partial charge < -0.3 is 20.9 Å². The molecule has 2 aromatic rings. The molecular formula is C22H31N5OS. The van der Waals surface area contributed by atoms with Crippen molar-refractivity contribution in [3.05, 3.63) is 47.3 Å². The van der Waals surface area contributed by atoms with Gasteiger partial charge in [-0.25, -0.2) is 4.99 Å². The minimum absolute atomic E-state index is 0.0970. The summed E-state index contributed by atoms with van der Waals surface area (Å²) in [5.41, 5.74) is 2.03. The molecule has 1 aromatic carbocycles. The van der Waals surface area contributed by atoms with E-state index in [4.69, 9.17) is 0 Å². The van der Waals surface area contributed by atoms with Crippen LogP contribution in [0.4, 0.5) is 10.7 Å². The number of aryl methyl sites for hydroxylation is 1. The van der Waals surface area contributed by atoms with Crippen LogP contribution in [0.2, 0.25) is 0 Å². The molecule has 29 heavy (non-hydrogen) atoms. The summed E-state index contributed by atoms with van der Waals surface area (Å²) in [5.74, 6) is 0.600. The van der Waals surface area contributed by atoms with Crippen LogP contribution in [0.15, 0.2) is 46.8 Å². The second kappa shape index (κ2) is 10.9. The highest BCUT2D eigenvalue weighted by molar-refractivity contribution is 7.14. The van der Waals surface area contributed by atoms with Gasteiger partial charge in [-0.15, -0.1) is 11.3 Å². The molecule has 3 rings (SSSR count). The second-order valence-electron chi connectivity index (χ2n) is 7.15. The van der Waals surface area contributed by atoms with E-state index in [0.29, 0.717) is 12.0 Å². The van der Waals surface area contributed by atoms with Crippen LogP contribution in [0.5, 0.6) is 0 Å². The number of piperidine rings is 1. The summed E-state index contributed by atoms with van der Waals surface area (Å²) in [7, 11) is 0. The number of nitrogens with zero attached hydrogens (tertiary/aromatic N) is 2. The number of hydrogen-bond acceptors (Lipinski definition) is 4. The van der Waals surface area contributed by atoms with Crippen molar-refractivity contribution in [2.75, 3.05) is 36.4 Å². The maximum atomic E-state index is 12.3. The number of thiophene rings is 1. The highest BCUT2D eigenvalue weighted by Gasteiger charge is 2.20. The number of amides is 1. The minimum atomic E-state index is -0.108. The Morgan fingerprint density at radius 1 is 1.21 bits per heavy atom. The topological polar surface area (TPSA) is 68.8 Å². The number of hydrogen-bond donors (Lipinski definition) is 3. The lowest BCUT2D eigenvalue weighted by Crippen LogP contribution is -2.48. The molecule has 0 spiro atoms. The molecule has 156 valence electrons.